The molecule has 0 unspecified atom stereocenters. The monoisotopic (exact) mass is 303 g/mol. The van der Waals surface area contributed by atoms with Crippen molar-refractivity contribution in [1.29, 1.82) is 5.26 Å². The number of benzene rings is 1. The van der Waals surface area contributed by atoms with Crippen LogP contribution in [0.5, 0.6) is 0 Å². The summed E-state index contributed by atoms with van der Waals surface area (Å²) < 4.78 is 28.7. The van der Waals surface area contributed by atoms with Gasteiger partial charge in [-0.05, 0) is 24.6 Å². The molecule has 7 nitrogen and oxygen atoms in total. The smallest absolute Gasteiger partial charge is 0.243 e. The van der Waals surface area contributed by atoms with Gasteiger partial charge in [-0.1, -0.05) is 6.07 Å². The molecule has 0 aliphatic carbocycles. The van der Waals surface area contributed by atoms with E-state index in [0.29, 0.717) is 30.0 Å². The summed E-state index contributed by atoms with van der Waals surface area (Å²) in [5.74, 6) is 0.624. The summed E-state index contributed by atoms with van der Waals surface area (Å²) in [6.07, 6.45) is 1.60. The summed E-state index contributed by atoms with van der Waals surface area (Å²) in [5, 5.41) is 16.7. The summed E-state index contributed by atoms with van der Waals surface area (Å²) in [6, 6.07) is 6.66. The third-order valence-electron chi connectivity index (χ3n) is 3.54. The molecule has 1 aliphatic rings. The van der Waals surface area contributed by atoms with Crippen LogP contribution in [0.2, 0.25) is 0 Å². The number of fused-ring (bicyclic) bond motifs is 1. The Morgan fingerprint density at radius 1 is 1.33 bits per heavy atom. The van der Waals surface area contributed by atoms with Crippen LogP contribution in [0.1, 0.15) is 17.0 Å². The van der Waals surface area contributed by atoms with E-state index in [4.69, 9.17) is 5.26 Å². The van der Waals surface area contributed by atoms with Gasteiger partial charge in [-0.15, -0.1) is 10.2 Å². The summed E-state index contributed by atoms with van der Waals surface area (Å²) in [6.45, 7) is 2.81. The normalized spacial score (nSPS) is 15.4. The molecule has 1 aromatic carbocycles. The molecule has 0 fully saturated rings. The molecule has 0 saturated carbocycles. The fourth-order valence-corrected chi connectivity index (χ4v) is 3.97. The fraction of sp³-hybridized carbons (Fsp3) is 0.308. The molecule has 3 rings (SSSR count). The van der Waals surface area contributed by atoms with Crippen LogP contribution in [0, 0.1) is 18.3 Å². The van der Waals surface area contributed by atoms with Gasteiger partial charge < -0.3 is 4.57 Å². The van der Waals surface area contributed by atoms with Crippen LogP contribution < -0.4 is 0 Å². The molecule has 0 radical (unpaired) electrons. The van der Waals surface area contributed by atoms with Gasteiger partial charge in [-0.25, -0.2) is 8.42 Å². The maximum absolute atomic E-state index is 12.8. The molecule has 2 aromatic rings. The molecule has 21 heavy (non-hydrogen) atoms. The van der Waals surface area contributed by atoms with Gasteiger partial charge in [0.15, 0.2) is 0 Å². The minimum atomic E-state index is -3.64. The molecule has 0 spiro atoms. The van der Waals surface area contributed by atoms with Gasteiger partial charge in [0.25, 0.3) is 0 Å². The van der Waals surface area contributed by atoms with Crippen LogP contribution in [0.25, 0.3) is 0 Å². The minimum absolute atomic E-state index is 0.175. The lowest BCUT2D eigenvalue weighted by molar-refractivity contribution is 0.335. The largest absolute Gasteiger partial charge is 0.315 e. The van der Waals surface area contributed by atoms with Crippen LogP contribution in [0.3, 0.4) is 0 Å². The van der Waals surface area contributed by atoms with E-state index in [1.807, 2.05) is 10.6 Å². The average Bonchev–Trinajstić information content (AvgIpc) is 2.95. The zero-order valence-electron chi connectivity index (χ0n) is 11.4. The van der Waals surface area contributed by atoms with Crippen molar-refractivity contribution in [3.05, 3.63) is 41.5 Å². The van der Waals surface area contributed by atoms with Gasteiger partial charge in [-0.3, -0.25) is 0 Å². The molecule has 8 heteroatoms. The predicted molar refractivity (Wildman–Crippen MR) is 73.5 cm³/mol. The van der Waals surface area contributed by atoms with Gasteiger partial charge in [-0.2, -0.15) is 9.57 Å². The Morgan fingerprint density at radius 2 is 2.14 bits per heavy atom. The second-order valence-electron chi connectivity index (χ2n) is 4.87. The van der Waals surface area contributed by atoms with Crippen molar-refractivity contribution in [1.82, 2.24) is 19.1 Å². The topological polar surface area (TPSA) is 91.9 Å². The predicted octanol–water partition coefficient (Wildman–Crippen LogP) is 0.663. The number of hydrogen-bond donors (Lipinski definition) is 0. The summed E-state index contributed by atoms with van der Waals surface area (Å²) >= 11 is 0. The van der Waals surface area contributed by atoms with Gasteiger partial charge in [0.05, 0.1) is 23.1 Å². The highest BCUT2D eigenvalue weighted by Gasteiger charge is 2.30. The molecular formula is C13H13N5O2S. The zero-order valence-corrected chi connectivity index (χ0v) is 12.2. The first-order valence-electron chi connectivity index (χ1n) is 6.40. The Kier molecular flexibility index (Phi) is 3.23. The van der Waals surface area contributed by atoms with E-state index in [1.54, 1.807) is 25.4 Å². The molecule has 0 amide bonds. The first kappa shape index (κ1) is 13.7. The highest BCUT2D eigenvalue weighted by Crippen LogP contribution is 2.24. The van der Waals surface area contributed by atoms with Crippen LogP contribution in [-0.4, -0.2) is 34.0 Å². The van der Waals surface area contributed by atoms with E-state index < -0.39 is 10.0 Å². The van der Waals surface area contributed by atoms with E-state index in [0.717, 1.165) is 0 Å². The first-order chi connectivity index (χ1) is 10.0. The number of rotatable bonds is 2. The minimum Gasteiger partial charge on any atom is -0.315 e. The van der Waals surface area contributed by atoms with Crippen molar-refractivity contribution in [3.63, 3.8) is 0 Å². The summed E-state index contributed by atoms with van der Waals surface area (Å²) in [7, 11) is -3.64. The Bertz CT molecular complexity index is 834. The van der Waals surface area contributed by atoms with Gasteiger partial charge in [0.2, 0.25) is 10.0 Å². The summed E-state index contributed by atoms with van der Waals surface area (Å²) in [4.78, 5) is 0.175. The molecule has 2 heterocycles. The number of sulfonamides is 1. The molecule has 108 valence electrons. The molecule has 0 bridgehead atoms. The fourth-order valence-electron chi connectivity index (χ4n) is 2.34. The number of aromatic nitrogens is 3. The van der Waals surface area contributed by atoms with Crippen LogP contribution >= 0.6 is 0 Å². The SMILES string of the molecule is Cc1ccc(C#N)cc1S(=O)(=O)N1CCn2cnnc2C1. The van der Waals surface area contributed by atoms with E-state index in [1.165, 1.54) is 10.4 Å². The van der Waals surface area contributed by atoms with Crippen molar-refractivity contribution in [2.75, 3.05) is 6.54 Å². The second-order valence-corrected chi connectivity index (χ2v) is 6.78. The first-order valence-corrected chi connectivity index (χ1v) is 7.84. The Hall–Kier alpha value is -2.24. The molecule has 0 N–H and O–H groups in total. The number of hydrogen-bond acceptors (Lipinski definition) is 5. The van der Waals surface area contributed by atoms with Gasteiger partial charge in [0.1, 0.15) is 12.2 Å². The van der Waals surface area contributed by atoms with Crippen LogP contribution in [0.15, 0.2) is 29.4 Å². The van der Waals surface area contributed by atoms with Crippen LogP contribution in [-0.2, 0) is 23.1 Å². The van der Waals surface area contributed by atoms with E-state index >= 15 is 0 Å². The molecular weight excluding hydrogens is 290 g/mol. The number of nitrogens with zero attached hydrogens (tertiary/aromatic N) is 5. The van der Waals surface area contributed by atoms with Crippen molar-refractivity contribution in [2.24, 2.45) is 0 Å². The zero-order chi connectivity index (χ0) is 15.0. The molecule has 0 saturated heterocycles. The highest BCUT2D eigenvalue weighted by molar-refractivity contribution is 7.89. The van der Waals surface area contributed by atoms with Crippen molar-refractivity contribution >= 4 is 10.0 Å². The Balaban J connectivity index is 2.01. The standard InChI is InChI=1S/C13H13N5O2S/c1-10-2-3-11(7-14)6-12(10)21(19,20)18-5-4-17-9-15-16-13(17)8-18/h2-3,6,9H,4-5,8H2,1H3. The van der Waals surface area contributed by atoms with Crippen molar-refractivity contribution in [2.45, 2.75) is 24.9 Å². The average molecular weight is 303 g/mol. The number of aryl methyl sites for hydroxylation is 1. The molecule has 1 aliphatic heterocycles. The third kappa shape index (κ3) is 2.30. The highest BCUT2D eigenvalue weighted by atomic mass is 32.2. The van der Waals surface area contributed by atoms with Crippen LogP contribution in [0.4, 0.5) is 0 Å². The van der Waals surface area contributed by atoms with E-state index in [-0.39, 0.29) is 11.4 Å². The quantitative estimate of drug-likeness (QED) is 0.812. The lowest BCUT2D eigenvalue weighted by atomic mass is 10.2. The van der Waals surface area contributed by atoms with Gasteiger partial charge >= 0.3 is 0 Å². The second kappa shape index (κ2) is 4.95. The number of nitriles is 1. The summed E-state index contributed by atoms with van der Waals surface area (Å²) in [5.41, 5.74) is 0.959. The van der Waals surface area contributed by atoms with E-state index in [2.05, 4.69) is 10.2 Å². The van der Waals surface area contributed by atoms with E-state index in [9.17, 15) is 8.42 Å². The van der Waals surface area contributed by atoms with Crippen molar-refractivity contribution in [3.8, 4) is 6.07 Å². The lowest BCUT2D eigenvalue weighted by Gasteiger charge is -2.26. The Labute approximate surface area is 122 Å². The maximum atomic E-state index is 12.8. The maximum Gasteiger partial charge on any atom is 0.243 e. The molecule has 0 atom stereocenters. The van der Waals surface area contributed by atoms with Gasteiger partial charge in [0, 0.05) is 13.1 Å². The third-order valence-corrected chi connectivity index (χ3v) is 5.53. The van der Waals surface area contributed by atoms with Crippen molar-refractivity contribution < 1.29 is 8.42 Å². The molecule has 1 aromatic heterocycles. The Morgan fingerprint density at radius 3 is 2.90 bits per heavy atom. The lowest BCUT2D eigenvalue weighted by Crippen LogP contribution is -2.38.